The van der Waals surface area contributed by atoms with Crippen molar-refractivity contribution in [1.82, 2.24) is 15.0 Å². The summed E-state index contributed by atoms with van der Waals surface area (Å²) in [7, 11) is 0. The van der Waals surface area contributed by atoms with Gasteiger partial charge < -0.3 is 10.6 Å². The van der Waals surface area contributed by atoms with Crippen LogP contribution >= 0.6 is 0 Å². The van der Waals surface area contributed by atoms with Crippen LogP contribution in [0.4, 0.5) is 17.5 Å². The van der Waals surface area contributed by atoms with Crippen molar-refractivity contribution in [1.29, 1.82) is 0 Å². The summed E-state index contributed by atoms with van der Waals surface area (Å²) in [5.74, 6) is 1.49. The smallest absolute Gasteiger partial charge is 0.225 e. The highest BCUT2D eigenvalue weighted by atomic mass is 15.2. The Labute approximate surface area is 166 Å². The second-order valence-corrected chi connectivity index (χ2v) is 7.62. The van der Waals surface area contributed by atoms with Crippen LogP contribution in [0.2, 0.25) is 0 Å². The molecule has 0 spiro atoms. The van der Waals surface area contributed by atoms with Crippen LogP contribution in [-0.2, 0) is 0 Å². The maximum Gasteiger partial charge on any atom is 0.225 e. The predicted molar refractivity (Wildman–Crippen MR) is 115 cm³/mol. The number of rotatable bonds is 5. The lowest BCUT2D eigenvalue weighted by Gasteiger charge is -2.23. The summed E-state index contributed by atoms with van der Waals surface area (Å²) in [6.45, 7) is 4.21. The van der Waals surface area contributed by atoms with Crippen molar-refractivity contribution in [2.24, 2.45) is 0 Å². The molecule has 3 aromatic rings. The number of pyridine rings is 1. The number of anilines is 3. The molecule has 2 N–H and O–H groups in total. The number of aromatic nitrogens is 3. The highest BCUT2D eigenvalue weighted by Gasteiger charge is 2.16. The van der Waals surface area contributed by atoms with Crippen LogP contribution in [0, 0.1) is 13.8 Å². The van der Waals surface area contributed by atoms with Gasteiger partial charge in [-0.3, -0.25) is 4.98 Å². The normalized spacial score (nSPS) is 14.6. The molecule has 0 saturated heterocycles. The molecule has 2 aromatic heterocycles. The summed E-state index contributed by atoms with van der Waals surface area (Å²) in [6.07, 6.45) is 9.83. The van der Waals surface area contributed by atoms with Crippen LogP contribution in [0.3, 0.4) is 0 Å². The van der Waals surface area contributed by atoms with Gasteiger partial charge in [-0.25, -0.2) is 4.98 Å². The Bertz CT molecular complexity index is 933. The van der Waals surface area contributed by atoms with Gasteiger partial charge in [0.05, 0.1) is 5.69 Å². The molecule has 5 nitrogen and oxygen atoms in total. The van der Waals surface area contributed by atoms with E-state index in [1.165, 1.54) is 43.2 Å². The van der Waals surface area contributed by atoms with Crippen LogP contribution in [-0.4, -0.2) is 21.0 Å². The van der Waals surface area contributed by atoms with Gasteiger partial charge in [-0.2, -0.15) is 4.98 Å². The molecule has 5 heteroatoms. The Balaban J connectivity index is 1.67. The molecule has 0 bridgehead atoms. The Morgan fingerprint density at radius 2 is 1.68 bits per heavy atom. The molecule has 0 amide bonds. The quantitative estimate of drug-likeness (QED) is 0.605. The summed E-state index contributed by atoms with van der Waals surface area (Å²) in [4.78, 5) is 13.7. The van der Waals surface area contributed by atoms with E-state index in [4.69, 9.17) is 9.97 Å². The van der Waals surface area contributed by atoms with Crippen LogP contribution < -0.4 is 10.6 Å². The average Bonchev–Trinajstić information content (AvgIpc) is 2.72. The maximum atomic E-state index is 4.79. The van der Waals surface area contributed by atoms with Crippen molar-refractivity contribution in [2.75, 3.05) is 10.6 Å². The Hall–Kier alpha value is -2.95. The van der Waals surface area contributed by atoms with Gasteiger partial charge >= 0.3 is 0 Å². The van der Waals surface area contributed by atoms with E-state index >= 15 is 0 Å². The second kappa shape index (κ2) is 8.38. The topological polar surface area (TPSA) is 62.7 Å². The highest BCUT2D eigenvalue weighted by Crippen LogP contribution is 2.27. The van der Waals surface area contributed by atoms with Crippen molar-refractivity contribution in [3.63, 3.8) is 0 Å². The van der Waals surface area contributed by atoms with E-state index in [2.05, 4.69) is 47.7 Å². The largest absolute Gasteiger partial charge is 0.351 e. The lowest BCUT2D eigenvalue weighted by molar-refractivity contribution is 0.461. The minimum Gasteiger partial charge on any atom is -0.351 e. The zero-order valence-corrected chi connectivity index (χ0v) is 16.6. The van der Waals surface area contributed by atoms with Crippen molar-refractivity contribution in [2.45, 2.75) is 52.0 Å². The molecule has 1 aliphatic carbocycles. The first kappa shape index (κ1) is 18.4. The fourth-order valence-electron chi connectivity index (χ4n) is 3.68. The van der Waals surface area contributed by atoms with E-state index < -0.39 is 0 Å². The van der Waals surface area contributed by atoms with E-state index in [9.17, 15) is 0 Å². The zero-order chi connectivity index (χ0) is 19.3. The first-order valence-electron chi connectivity index (χ1n) is 10.1. The molecule has 2 heterocycles. The second-order valence-electron chi connectivity index (χ2n) is 7.62. The van der Waals surface area contributed by atoms with Gasteiger partial charge in [0.1, 0.15) is 5.82 Å². The number of nitrogens with one attached hydrogen (secondary N) is 2. The van der Waals surface area contributed by atoms with Crippen LogP contribution in [0.5, 0.6) is 0 Å². The molecule has 0 atom stereocenters. The third-order valence-corrected chi connectivity index (χ3v) is 5.30. The average molecular weight is 374 g/mol. The molecular formula is C23H27N5. The van der Waals surface area contributed by atoms with Gasteiger partial charge in [-0.05, 0) is 56.0 Å². The van der Waals surface area contributed by atoms with Gasteiger partial charge in [0, 0.05) is 35.8 Å². The Morgan fingerprint density at radius 3 is 2.46 bits per heavy atom. The molecule has 1 aromatic carbocycles. The third-order valence-electron chi connectivity index (χ3n) is 5.30. The number of hydrogen-bond acceptors (Lipinski definition) is 5. The standard InChI is InChI=1S/C23H27N5/c1-16-8-9-17(2)20(14-16)26-22-15-21(18-10-12-24-13-11-18)27-23(28-22)25-19-6-4-3-5-7-19/h8-15,19H,3-7H2,1-2H3,(H2,25,26,27,28). The molecule has 4 rings (SSSR count). The minimum atomic E-state index is 0.454. The van der Waals surface area contributed by atoms with E-state index in [1.54, 1.807) is 12.4 Å². The van der Waals surface area contributed by atoms with Gasteiger partial charge in [-0.1, -0.05) is 31.4 Å². The van der Waals surface area contributed by atoms with Gasteiger partial charge in [0.15, 0.2) is 0 Å². The Morgan fingerprint density at radius 1 is 0.893 bits per heavy atom. The highest BCUT2D eigenvalue weighted by molar-refractivity contribution is 5.68. The monoisotopic (exact) mass is 373 g/mol. The maximum absolute atomic E-state index is 4.79. The fraction of sp³-hybridized carbons (Fsp3) is 0.348. The molecular weight excluding hydrogens is 346 g/mol. The predicted octanol–water partition coefficient (Wildman–Crippen LogP) is 5.64. The molecule has 1 aliphatic rings. The number of hydrogen-bond donors (Lipinski definition) is 2. The molecule has 0 aliphatic heterocycles. The Kier molecular flexibility index (Phi) is 5.51. The van der Waals surface area contributed by atoms with Crippen LogP contribution in [0.25, 0.3) is 11.3 Å². The first-order chi connectivity index (χ1) is 13.7. The molecule has 28 heavy (non-hydrogen) atoms. The van der Waals surface area contributed by atoms with Gasteiger partial charge in [-0.15, -0.1) is 0 Å². The van der Waals surface area contributed by atoms with Crippen LogP contribution in [0.15, 0.2) is 48.8 Å². The molecule has 144 valence electrons. The summed E-state index contributed by atoms with van der Waals surface area (Å²) >= 11 is 0. The molecule has 1 fully saturated rings. The van der Waals surface area contributed by atoms with Crippen molar-refractivity contribution < 1.29 is 0 Å². The molecule has 0 radical (unpaired) electrons. The van der Waals surface area contributed by atoms with E-state index in [-0.39, 0.29) is 0 Å². The third kappa shape index (κ3) is 4.47. The number of benzene rings is 1. The van der Waals surface area contributed by atoms with Crippen molar-refractivity contribution >= 4 is 17.5 Å². The summed E-state index contributed by atoms with van der Waals surface area (Å²) in [6, 6.07) is 12.8. The van der Waals surface area contributed by atoms with Crippen molar-refractivity contribution in [3.05, 3.63) is 59.9 Å². The van der Waals surface area contributed by atoms with Crippen LogP contribution in [0.1, 0.15) is 43.2 Å². The minimum absolute atomic E-state index is 0.454. The lowest BCUT2D eigenvalue weighted by atomic mass is 9.96. The first-order valence-corrected chi connectivity index (χ1v) is 10.1. The van der Waals surface area contributed by atoms with E-state index in [1.807, 2.05) is 18.2 Å². The van der Waals surface area contributed by atoms with Gasteiger partial charge in [0.2, 0.25) is 5.95 Å². The number of aryl methyl sites for hydroxylation is 2. The van der Waals surface area contributed by atoms with E-state index in [0.717, 1.165) is 22.8 Å². The molecule has 1 saturated carbocycles. The van der Waals surface area contributed by atoms with Crippen molar-refractivity contribution in [3.8, 4) is 11.3 Å². The lowest BCUT2D eigenvalue weighted by Crippen LogP contribution is -2.23. The molecule has 0 unspecified atom stereocenters. The van der Waals surface area contributed by atoms with E-state index in [0.29, 0.717) is 12.0 Å². The number of nitrogens with zero attached hydrogens (tertiary/aromatic N) is 3. The van der Waals surface area contributed by atoms with Gasteiger partial charge in [0.25, 0.3) is 0 Å². The zero-order valence-electron chi connectivity index (χ0n) is 16.6. The fourth-order valence-corrected chi connectivity index (χ4v) is 3.68. The SMILES string of the molecule is Cc1ccc(C)c(Nc2cc(-c3ccncc3)nc(NC3CCCCC3)n2)c1. The summed E-state index contributed by atoms with van der Waals surface area (Å²) in [5.41, 5.74) is 5.41. The summed E-state index contributed by atoms with van der Waals surface area (Å²) < 4.78 is 0. The summed E-state index contributed by atoms with van der Waals surface area (Å²) in [5, 5.41) is 7.06.